The molecule has 1 heterocycles. The van der Waals surface area contributed by atoms with Gasteiger partial charge in [0.2, 0.25) is 0 Å². The first-order valence-corrected chi connectivity index (χ1v) is 11.8. The molecule has 2 atom stereocenters. The molecule has 1 aliphatic heterocycles. The number of hydrogen-bond acceptors (Lipinski definition) is 2. The fourth-order valence-corrected chi connectivity index (χ4v) is 5.20. The Hall–Kier alpha value is -3.02. The molecule has 3 nitrogen and oxygen atoms in total. The van der Waals surface area contributed by atoms with E-state index in [4.69, 9.17) is 28.3 Å². The van der Waals surface area contributed by atoms with Gasteiger partial charge in [0.25, 0.3) is 5.91 Å². The summed E-state index contributed by atoms with van der Waals surface area (Å²) in [7, 11) is 0. The van der Waals surface area contributed by atoms with Gasteiger partial charge in [-0.1, -0.05) is 47.5 Å². The van der Waals surface area contributed by atoms with Crippen molar-refractivity contribution >= 4 is 40.9 Å². The van der Waals surface area contributed by atoms with Crippen molar-refractivity contribution < 1.29 is 13.6 Å². The summed E-state index contributed by atoms with van der Waals surface area (Å²) in [6.07, 6.45) is 4.54. The van der Waals surface area contributed by atoms with E-state index in [1.165, 1.54) is 35.3 Å². The van der Waals surface area contributed by atoms with Gasteiger partial charge < -0.3 is 0 Å². The summed E-state index contributed by atoms with van der Waals surface area (Å²) in [4.78, 5) is 13.6. The number of allylic oxidation sites excluding steroid dienone is 1. The van der Waals surface area contributed by atoms with E-state index in [0.717, 1.165) is 41.7 Å². The highest BCUT2D eigenvalue weighted by Crippen LogP contribution is 2.45. The van der Waals surface area contributed by atoms with Gasteiger partial charge in [-0.2, -0.15) is 5.10 Å². The number of hydrazone groups is 1. The highest BCUT2D eigenvalue weighted by atomic mass is 35.5. The summed E-state index contributed by atoms with van der Waals surface area (Å²) in [5.74, 6) is -1.04. The average molecular weight is 497 g/mol. The number of amides is 1. The van der Waals surface area contributed by atoms with E-state index in [1.807, 2.05) is 6.08 Å². The number of hydrogen-bond donors (Lipinski definition) is 0. The average Bonchev–Trinajstić information content (AvgIpc) is 3.21. The first kappa shape index (κ1) is 22.8. The Labute approximate surface area is 206 Å². The Morgan fingerprint density at radius 3 is 2.32 bits per heavy atom. The Bertz CT molecular complexity index is 1300. The molecule has 2 aliphatic rings. The SMILES string of the molecule is O=C(c1ccc(Cl)cc1Cl)N1N=C2/C(=C/c3ccc(F)cc3)CCC[C@H]2[C@@H]1c1ccc(F)cc1. The van der Waals surface area contributed by atoms with Gasteiger partial charge in [-0.3, -0.25) is 4.79 Å². The highest BCUT2D eigenvalue weighted by Gasteiger charge is 2.44. The molecular formula is C27H20Cl2F2N2O. The molecule has 3 aromatic rings. The maximum Gasteiger partial charge on any atom is 0.276 e. The van der Waals surface area contributed by atoms with Crippen molar-refractivity contribution in [3.8, 4) is 0 Å². The summed E-state index contributed by atoms with van der Waals surface area (Å²) in [5.41, 5.74) is 3.79. The van der Waals surface area contributed by atoms with Crippen LogP contribution in [0.3, 0.4) is 0 Å². The summed E-state index contributed by atoms with van der Waals surface area (Å²) in [6.45, 7) is 0. The fraction of sp³-hybridized carbons (Fsp3) is 0.185. The Morgan fingerprint density at radius 1 is 0.971 bits per heavy atom. The lowest BCUT2D eigenvalue weighted by Crippen LogP contribution is -2.32. The number of rotatable bonds is 3. The molecule has 5 rings (SSSR count). The van der Waals surface area contributed by atoms with Crippen molar-refractivity contribution in [2.45, 2.75) is 25.3 Å². The van der Waals surface area contributed by atoms with Crippen LogP contribution in [0.2, 0.25) is 10.0 Å². The molecule has 7 heteroatoms. The summed E-state index contributed by atoms with van der Waals surface area (Å²) in [6, 6.07) is 16.8. The number of nitrogens with zero attached hydrogens (tertiary/aromatic N) is 2. The zero-order valence-electron chi connectivity index (χ0n) is 18.0. The minimum Gasteiger partial charge on any atom is -0.267 e. The molecule has 3 aromatic carbocycles. The molecular weight excluding hydrogens is 477 g/mol. The first-order valence-electron chi connectivity index (χ1n) is 11.0. The van der Waals surface area contributed by atoms with Crippen molar-refractivity contribution in [3.63, 3.8) is 0 Å². The zero-order valence-corrected chi connectivity index (χ0v) is 19.5. The molecule has 0 bridgehead atoms. The molecule has 0 saturated heterocycles. The molecule has 1 aliphatic carbocycles. The van der Waals surface area contributed by atoms with Crippen molar-refractivity contribution in [1.29, 1.82) is 0 Å². The van der Waals surface area contributed by atoms with Gasteiger partial charge in [0.05, 0.1) is 22.3 Å². The predicted octanol–water partition coefficient (Wildman–Crippen LogP) is 7.71. The van der Waals surface area contributed by atoms with E-state index in [0.29, 0.717) is 10.6 Å². The first-order chi connectivity index (χ1) is 16.4. The van der Waals surface area contributed by atoms with Gasteiger partial charge in [-0.25, -0.2) is 13.8 Å². The Kier molecular flexibility index (Phi) is 6.24. The van der Waals surface area contributed by atoms with Crippen LogP contribution in [0.25, 0.3) is 6.08 Å². The molecule has 1 amide bonds. The lowest BCUT2D eigenvalue weighted by atomic mass is 9.77. The van der Waals surface area contributed by atoms with E-state index < -0.39 is 6.04 Å². The number of benzene rings is 3. The third-order valence-corrected chi connectivity index (χ3v) is 6.84. The molecule has 34 heavy (non-hydrogen) atoms. The van der Waals surface area contributed by atoms with Gasteiger partial charge in [-0.05, 0) is 84.5 Å². The third-order valence-electron chi connectivity index (χ3n) is 6.29. The van der Waals surface area contributed by atoms with Crippen LogP contribution in [0.4, 0.5) is 8.78 Å². The summed E-state index contributed by atoms with van der Waals surface area (Å²) < 4.78 is 27.0. The van der Waals surface area contributed by atoms with Gasteiger partial charge in [0, 0.05) is 10.9 Å². The van der Waals surface area contributed by atoms with Gasteiger partial charge in [0.1, 0.15) is 11.6 Å². The fourth-order valence-electron chi connectivity index (χ4n) is 4.71. The second-order valence-corrected chi connectivity index (χ2v) is 9.32. The quantitative estimate of drug-likeness (QED) is 0.365. The Balaban J connectivity index is 1.59. The monoisotopic (exact) mass is 496 g/mol. The van der Waals surface area contributed by atoms with Crippen molar-refractivity contribution in [3.05, 3.63) is 111 Å². The minimum absolute atomic E-state index is 0.0547. The molecule has 0 aromatic heterocycles. The van der Waals surface area contributed by atoms with Crippen LogP contribution in [0, 0.1) is 17.6 Å². The van der Waals surface area contributed by atoms with E-state index in [2.05, 4.69) is 0 Å². The van der Waals surface area contributed by atoms with Crippen molar-refractivity contribution in [1.82, 2.24) is 5.01 Å². The number of carbonyl (C=O) groups is 1. The lowest BCUT2D eigenvalue weighted by Gasteiger charge is -2.29. The molecule has 172 valence electrons. The van der Waals surface area contributed by atoms with Crippen molar-refractivity contribution in [2.75, 3.05) is 0 Å². The minimum atomic E-state index is -0.397. The lowest BCUT2D eigenvalue weighted by molar-refractivity contribution is 0.0681. The van der Waals surface area contributed by atoms with Gasteiger partial charge >= 0.3 is 0 Å². The smallest absolute Gasteiger partial charge is 0.267 e. The van der Waals surface area contributed by atoms with Crippen LogP contribution in [0.15, 0.2) is 77.4 Å². The summed E-state index contributed by atoms with van der Waals surface area (Å²) >= 11 is 12.4. The van der Waals surface area contributed by atoms with E-state index in [1.54, 1.807) is 36.4 Å². The van der Waals surface area contributed by atoms with Gasteiger partial charge in [-0.15, -0.1) is 0 Å². The van der Waals surface area contributed by atoms with Gasteiger partial charge in [0.15, 0.2) is 0 Å². The van der Waals surface area contributed by atoms with Crippen LogP contribution < -0.4 is 0 Å². The number of carbonyl (C=O) groups excluding carboxylic acids is 1. The largest absolute Gasteiger partial charge is 0.276 e. The third kappa shape index (κ3) is 4.38. The second kappa shape index (κ2) is 9.32. The van der Waals surface area contributed by atoms with E-state index in [-0.39, 0.29) is 28.5 Å². The highest BCUT2D eigenvalue weighted by molar-refractivity contribution is 6.36. The van der Waals surface area contributed by atoms with Crippen LogP contribution in [-0.2, 0) is 0 Å². The zero-order chi connectivity index (χ0) is 23.8. The molecule has 0 radical (unpaired) electrons. The van der Waals surface area contributed by atoms with Crippen LogP contribution in [0.5, 0.6) is 0 Å². The van der Waals surface area contributed by atoms with Crippen LogP contribution in [0.1, 0.15) is 46.8 Å². The number of fused-ring (bicyclic) bond motifs is 1. The Morgan fingerprint density at radius 2 is 1.65 bits per heavy atom. The summed E-state index contributed by atoms with van der Waals surface area (Å²) in [5, 5.41) is 6.94. The van der Waals surface area contributed by atoms with E-state index >= 15 is 0 Å². The van der Waals surface area contributed by atoms with Crippen LogP contribution >= 0.6 is 23.2 Å². The van der Waals surface area contributed by atoms with Crippen LogP contribution in [-0.4, -0.2) is 16.6 Å². The second-order valence-electron chi connectivity index (χ2n) is 8.48. The maximum absolute atomic E-state index is 13.7. The predicted molar refractivity (Wildman–Crippen MR) is 131 cm³/mol. The molecule has 1 saturated carbocycles. The number of halogens is 4. The van der Waals surface area contributed by atoms with E-state index in [9.17, 15) is 13.6 Å². The topological polar surface area (TPSA) is 32.7 Å². The molecule has 1 fully saturated rings. The molecule has 0 spiro atoms. The van der Waals surface area contributed by atoms with Crippen molar-refractivity contribution in [2.24, 2.45) is 11.0 Å². The molecule has 0 N–H and O–H groups in total. The standard InChI is InChI=1S/C27H20Cl2F2N2O/c28-19-8-13-22(24(29)15-19)27(34)33-26(17-6-11-21(31)12-7-17)23-3-1-2-18(25(23)32-33)14-16-4-9-20(30)10-5-16/h4-15,23,26H,1-3H2/b18-14+/t23-,26+/m1/s1. The molecule has 0 unspecified atom stereocenters. The normalized spacial score (nSPS) is 20.9. The maximum atomic E-state index is 13.7.